The first kappa shape index (κ1) is 18.2. The maximum atomic E-state index is 12.4. The number of Topliss-reactive ketones (excluding diaryl/α,β-unsaturated/α-hetero) is 1. The van der Waals surface area contributed by atoms with Gasteiger partial charge in [0.05, 0.1) is 6.42 Å². The topological polar surface area (TPSA) is 74.8 Å². The summed E-state index contributed by atoms with van der Waals surface area (Å²) in [5.41, 5.74) is 5.93. The molecule has 0 spiro atoms. The molecule has 142 valence electrons. The van der Waals surface area contributed by atoms with Crippen LogP contribution in [0.25, 0.3) is 11.1 Å². The Hall–Kier alpha value is -3.21. The van der Waals surface area contributed by atoms with Crippen LogP contribution in [0.5, 0.6) is 0 Å². The number of nitrogens with one attached hydrogen (secondary N) is 2. The first-order valence-electron chi connectivity index (χ1n) is 9.58. The standard InChI is InChI=1S/C23H23N3O2/c1-14-6-11-20-22(14)25-26-23(20)24-21(28)12-16-7-9-17(10-8-16)19-5-3-4-18(13-19)15(2)27/h3-5,7-10,13-14H,6,11-12H2,1-2H3,(H2,24,25,26,28). The van der Waals surface area contributed by atoms with E-state index in [1.54, 1.807) is 6.92 Å². The molecule has 28 heavy (non-hydrogen) atoms. The predicted octanol–water partition coefficient (Wildman–Crippen LogP) is 4.51. The van der Waals surface area contributed by atoms with Gasteiger partial charge in [0, 0.05) is 16.8 Å². The summed E-state index contributed by atoms with van der Waals surface area (Å²) in [6.07, 6.45) is 2.35. The van der Waals surface area contributed by atoms with Crippen LogP contribution < -0.4 is 5.32 Å². The predicted molar refractivity (Wildman–Crippen MR) is 110 cm³/mol. The van der Waals surface area contributed by atoms with E-state index in [4.69, 9.17) is 0 Å². The van der Waals surface area contributed by atoms with E-state index in [-0.39, 0.29) is 11.7 Å². The molecule has 0 saturated carbocycles. The highest BCUT2D eigenvalue weighted by molar-refractivity contribution is 5.95. The lowest BCUT2D eigenvalue weighted by molar-refractivity contribution is -0.115. The van der Waals surface area contributed by atoms with E-state index in [9.17, 15) is 9.59 Å². The third kappa shape index (κ3) is 3.60. The lowest BCUT2D eigenvalue weighted by Gasteiger charge is -2.07. The molecule has 1 unspecified atom stereocenters. The van der Waals surface area contributed by atoms with Gasteiger partial charge in [-0.05, 0) is 48.4 Å². The number of hydrogen-bond acceptors (Lipinski definition) is 3. The van der Waals surface area contributed by atoms with Crippen molar-refractivity contribution in [3.8, 4) is 11.1 Å². The Morgan fingerprint density at radius 3 is 2.68 bits per heavy atom. The molecular formula is C23H23N3O2. The zero-order valence-corrected chi connectivity index (χ0v) is 16.1. The van der Waals surface area contributed by atoms with E-state index in [1.807, 2.05) is 48.5 Å². The van der Waals surface area contributed by atoms with Crippen LogP contribution in [0, 0.1) is 0 Å². The molecule has 1 aliphatic carbocycles. The van der Waals surface area contributed by atoms with Gasteiger partial charge in [-0.25, -0.2) is 0 Å². The van der Waals surface area contributed by atoms with E-state index in [1.165, 1.54) is 0 Å². The van der Waals surface area contributed by atoms with Crippen molar-refractivity contribution in [1.29, 1.82) is 0 Å². The van der Waals surface area contributed by atoms with Gasteiger partial charge >= 0.3 is 0 Å². The van der Waals surface area contributed by atoms with Gasteiger partial charge in [-0.2, -0.15) is 5.10 Å². The number of nitrogens with zero attached hydrogens (tertiary/aromatic N) is 1. The van der Waals surface area contributed by atoms with Gasteiger partial charge in [-0.3, -0.25) is 14.7 Å². The smallest absolute Gasteiger partial charge is 0.230 e. The molecule has 5 heteroatoms. The van der Waals surface area contributed by atoms with Crippen LogP contribution in [0.15, 0.2) is 48.5 Å². The average Bonchev–Trinajstić information content (AvgIpc) is 3.26. The second kappa shape index (κ2) is 7.43. The summed E-state index contributed by atoms with van der Waals surface area (Å²) in [5.74, 6) is 1.12. The molecule has 0 saturated heterocycles. The molecule has 1 atom stereocenters. The number of fused-ring (bicyclic) bond motifs is 1. The Bertz CT molecular complexity index is 1030. The lowest BCUT2D eigenvalue weighted by atomic mass is 10.00. The number of benzene rings is 2. The number of anilines is 1. The molecule has 1 heterocycles. The summed E-state index contributed by atoms with van der Waals surface area (Å²) in [7, 11) is 0. The van der Waals surface area contributed by atoms with Crippen molar-refractivity contribution in [2.75, 3.05) is 5.32 Å². The lowest BCUT2D eigenvalue weighted by Crippen LogP contribution is -2.15. The fraction of sp³-hybridized carbons (Fsp3) is 0.261. The van der Waals surface area contributed by atoms with Crippen LogP contribution in [-0.4, -0.2) is 21.9 Å². The molecule has 0 bridgehead atoms. The van der Waals surface area contributed by atoms with Crippen LogP contribution >= 0.6 is 0 Å². The number of hydrogen-bond donors (Lipinski definition) is 2. The van der Waals surface area contributed by atoms with Gasteiger partial charge in [0.1, 0.15) is 0 Å². The highest BCUT2D eigenvalue weighted by Crippen LogP contribution is 2.34. The number of carbonyl (C=O) groups excluding carboxylic acids is 2. The molecule has 0 fully saturated rings. The average molecular weight is 373 g/mol. The molecule has 1 aliphatic rings. The quantitative estimate of drug-likeness (QED) is 0.646. The summed E-state index contributed by atoms with van der Waals surface area (Å²) >= 11 is 0. The third-order valence-corrected chi connectivity index (χ3v) is 5.40. The largest absolute Gasteiger partial charge is 0.309 e. The molecule has 2 N–H and O–H groups in total. The van der Waals surface area contributed by atoms with Gasteiger partial charge in [0.15, 0.2) is 11.6 Å². The maximum absolute atomic E-state index is 12.4. The van der Waals surface area contributed by atoms with Gasteiger partial charge in [0.25, 0.3) is 0 Å². The van der Waals surface area contributed by atoms with Crippen molar-refractivity contribution in [1.82, 2.24) is 10.2 Å². The van der Waals surface area contributed by atoms with Gasteiger partial charge in [-0.15, -0.1) is 0 Å². The zero-order valence-electron chi connectivity index (χ0n) is 16.1. The molecular weight excluding hydrogens is 350 g/mol. The molecule has 5 nitrogen and oxygen atoms in total. The number of amides is 1. The maximum Gasteiger partial charge on any atom is 0.230 e. The number of ketones is 1. The van der Waals surface area contributed by atoms with Crippen molar-refractivity contribution in [3.05, 3.63) is 70.9 Å². The molecule has 0 aliphatic heterocycles. The molecule has 1 amide bonds. The summed E-state index contributed by atoms with van der Waals surface area (Å²) in [5, 5.41) is 10.3. The normalized spacial score (nSPS) is 15.3. The van der Waals surface area contributed by atoms with Crippen molar-refractivity contribution in [3.63, 3.8) is 0 Å². The highest BCUT2D eigenvalue weighted by atomic mass is 16.1. The van der Waals surface area contributed by atoms with Gasteiger partial charge < -0.3 is 5.32 Å². The number of rotatable bonds is 5. The second-order valence-electron chi connectivity index (χ2n) is 7.46. The van der Waals surface area contributed by atoms with E-state index in [2.05, 4.69) is 22.4 Å². The van der Waals surface area contributed by atoms with Crippen LogP contribution in [0.2, 0.25) is 0 Å². The Kier molecular flexibility index (Phi) is 4.82. The number of H-pyrrole nitrogens is 1. The summed E-state index contributed by atoms with van der Waals surface area (Å²) in [4.78, 5) is 24.0. The van der Waals surface area contributed by atoms with E-state index < -0.39 is 0 Å². The van der Waals surface area contributed by atoms with Crippen molar-refractivity contribution in [2.24, 2.45) is 0 Å². The fourth-order valence-corrected chi connectivity index (χ4v) is 3.74. The monoisotopic (exact) mass is 373 g/mol. The van der Waals surface area contributed by atoms with Crippen LogP contribution in [0.3, 0.4) is 0 Å². The van der Waals surface area contributed by atoms with Crippen LogP contribution in [0.4, 0.5) is 5.82 Å². The van der Waals surface area contributed by atoms with Crippen molar-refractivity contribution >= 4 is 17.5 Å². The fourth-order valence-electron chi connectivity index (χ4n) is 3.74. The van der Waals surface area contributed by atoms with E-state index in [0.29, 0.717) is 23.7 Å². The minimum atomic E-state index is -0.0693. The first-order valence-corrected chi connectivity index (χ1v) is 9.58. The van der Waals surface area contributed by atoms with Crippen LogP contribution in [-0.2, 0) is 17.6 Å². The summed E-state index contributed by atoms with van der Waals surface area (Å²) in [6, 6.07) is 15.4. The molecule has 1 aromatic heterocycles. The summed E-state index contributed by atoms with van der Waals surface area (Å²) < 4.78 is 0. The number of carbonyl (C=O) groups is 2. The summed E-state index contributed by atoms with van der Waals surface area (Å²) in [6.45, 7) is 3.74. The Balaban J connectivity index is 1.43. The van der Waals surface area contributed by atoms with E-state index >= 15 is 0 Å². The molecule has 4 rings (SSSR count). The first-order chi connectivity index (χ1) is 13.5. The van der Waals surface area contributed by atoms with E-state index in [0.717, 1.165) is 40.8 Å². The van der Waals surface area contributed by atoms with Gasteiger partial charge in [-0.1, -0.05) is 49.4 Å². The Labute approximate surface area is 164 Å². The number of aromatic amines is 1. The Morgan fingerprint density at radius 2 is 1.93 bits per heavy atom. The van der Waals surface area contributed by atoms with Crippen molar-refractivity contribution in [2.45, 2.75) is 39.0 Å². The third-order valence-electron chi connectivity index (χ3n) is 5.40. The van der Waals surface area contributed by atoms with Crippen molar-refractivity contribution < 1.29 is 9.59 Å². The minimum absolute atomic E-state index is 0.0504. The zero-order chi connectivity index (χ0) is 19.7. The molecule has 2 aromatic carbocycles. The van der Waals surface area contributed by atoms with Gasteiger partial charge in [0.2, 0.25) is 5.91 Å². The second-order valence-corrected chi connectivity index (χ2v) is 7.46. The number of aromatic nitrogens is 2. The van der Waals surface area contributed by atoms with Crippen LogP contribution in [0.1, 0.15) is 53.4 Å². The minimum Gasteiger partial charge on any atom is -0.309 e. The molecule has 3 aromatic rings. The Morgan fingerprint density at radius 1 is 1.14 bits per heavy atom. The highest BCUT2D eigenvalue weighted by Gasteiger charge is 2.25. The SMILES string of the molecule is CC(=O)c1cccc(-c2ccc(CC(=O)Nc3n[nH]c4c3CCC4C)cc2)c1. The molecule has 0 radical (unpaired) electrons.